The first kappa shape index (κ1) is 29.0. The molecule has 1 saturated heterocycles. The van der Waals surface area contributed by atoms with Crippen molar-refractivity contribution in [1.29, 1.82) is 0 Å². The molecule has 3 aromatic heterocycles. The second-order valence-electron chi connectivity index (χ2n) is 9.83. The summed E-state index contributed by atoms with van der Waals surface area (Å²) in [5.41, 5.74) is 1.52. The Balaban J connectivity index is 1.31. The topological polar surface area (TPSA) is 116 Å². The maximum Gasteiger partial charge on any atom is 0.291 e. The second kappa shape index (κ2) is 11.2. The number of fused-ring (bicyclic) bond motifs is 3. The van der Waals surface area contributed by atoms with Crippen molar-refractivity contribution in [2.45, 2.75) is 38.7 Å². The molecule has 2 aliphatic heterocycles. The van der Waals surface area contributed by atoms with Gasteiger partial charge in [0.05, 0.1) is 22.8 Å². The van der Waals surface area contributed by atoms with Crippen molar-refractivity contribution in [2.75, 3.05) is 29.8 Å². The Morgan fingerprint density at radius 3 is 2.74 bits per heavy atom. The number of imidazole rings is 1. The third-order valence-electron chi connectivity index (χ3n) is 7.25. The predicted octanol–water partition coefficient (Wildman–Crippen LogP) is 5.91. The number of anilines is 1. The molecule has 0 radical (unpaired) electrons. The number of pyridine rings is 1. The Morgan fingerprint density at radius 1 is 1.24 bits per heavy atom. The van der Waals surface area contributed by atoms with Gasteiger partial charge in [-0.1, -0.05) is 35.9 Å². The number of hydrogen-bond donors (Lipinski definition) is 2. The summed E-state index contributed by atoms with van der Waals surface area (Å²) >= 11 is 6.74. The summed E-state index contributed by atoms with van der Waals surface area (Å²) < 4.78 is 71.5. The molecule has 5 heterocycles. The second-order valence-corrected chi connectivity index (χ2v) is 13.4. The van der Waals surface area contributed by atoms with E-state index in [1.165, 1.54) is 25.9 Å². The third kappa shape index (κ3) is 5.17. The lowest BCUT2D eigenvalue weighted by molar-refractivity contribution is -0.135. The average molecular weight is 643 g/mol. The van der Waals surface area contributed by atoms with Crippen LogP contribution in [0.1, 0.15) is 53.5 Å². The molecular weight excluding hydrogens is 617 g/mol. The number of benzene rings is 1. The van der Waals surface area contributed by atoms with E-state index in [2.05, 4.69) is 15.1 Å². The van der Waals surface area contributed by atoms with E-state index in [1.807, 2.05) is 6.92 Å². The van der Waals surface area contributed by atoms with Gasteiger partial charge in [-0.05, 0) is 37.1 Å². The summed E-state index contributed by atoms with van der Waals surface area (Å²) in [7, 11) is -2.92. The van der Waals surface area contributed by atoms with Crippen LogP contribution < -0.4 is 9.04 Å². The molecule has 0 saturated carbocycles. The molecule has 6 rings (SSSR count). The average Bonchev–Trinajstić information content (AvgIpc) is 3.63. The highest BCUT2D eigenvalue weighted by Crippen LogP contribution is 2.50. The quantitative estimate of drug-likeness (QED) is 0.256. The summed E-state index contributed by atoms with van der Waals surface area (Å²) in [6.45, 7) is 2.10. The number of carbonyl (C=O) groups excluding carboxylic acids is 1. The molecule has 2 N–H and O–H groups in total. The molecule has 1 aromatic carbocycles. The largest absolute Gasteiger partial charge is 0.482 e. The molecule has 1 amide bonds. The van der Waals surface area contributed by atoms with Crippen LogP contribution >= 0.6 is 33.7 Å². The van der Waals surface area contributed by atoms with E-state index in [0.717, 1.165) is 17.4 Å². The van der Waals surface area contributed by atoms with Gasteiger partial charge in [-0.25, -0.2) is 27.7 Å². The zero-order valence-corrected chi connectivity index (χ0v) is 24.6. The van der Waals surface area contributed by atoms with Gasteiger partial charge in [-0.15, -0.1) is 10.8 Å². The first-order valence-electron chi connectivity index (χ1n) is 13.1. The lowest BCUT2D eigenvalue weighted by Gasteiger charge is -2.37. The Kier molecular flexibility index (Phi) is 7.72. The van der Waals surface area contributed by atoms with E-state index in [0.29, 0.717) is 54.5 Å². The fraction of sp³-hybridized carbons (Fsp3) is 0.385. The fourth-order valence-corrected chi connectivity index (χ4v) is 7.82. The summed E-state index contributed by atoms with van der Waals surface area (Å²) in [5, 5.41) is 3.76. The van der Waals surface area contributed by atoms with Gasteiger partial charge in [0.25, 0.3) is 12.3 Å². The van der Waals surface area contributed by atoms with Crippen molar-refractivity contribution in [1.82, 2.24) is 24.5 Å². The number of ether oxygens (including phenoxy) is 1. The fourth-order valence-electron chi connectivity index (χ4n) is 5.32. The maximum atomic E-state index is 15.3. The van der Waals surface area contributed by atoms with Crippen LogP contribution in [0.3, 0.4) is 0 Å². The van der Waals surface area contributed by atoms with Crippen LogP contribution in [0.2, 0.25) is 5.02 Å². The van der Waals surface area contributed by atoms with Crippen molar-refractivity contribution < 1.29 is 31.8 Å². The van der Waals surface area contributed by atoms with Crippen LogP contribution in [0, 0.1) is 5.82 Å². The molecule has 42 heavy (non-hydrogen) atoms. The number of nitrogens with zero attached hydrogens (tertiary/aromatic N) is 6. The van der Waals surface area contributed by atoms with E-state index >= 15 is 4.39 Å². The molecule has 16 heteroatoms. The van der Waals surface area contributed by atoms with Crippen molar-refractivity contribution in [3.8, 4) is 5.75 Å². The van der Waals surface area contributed by atoms with E-state index in [4.69, 9.17) is 16.3 Å². The minimum atomic E-state index is -2.92. The van der Waals surface area contributed by atoms with E-state index in [-0.39, 0.29) is 27.8 Å². The molecule has 1 unspecified atom stereocenters. The van der Waals surface area contributed by atoms with Crippen molar-refractivity contribution in [3.05, 3.63) is 68.8 Å². The smallest absolute Gasteiger partial charge is 0.291 e. The normalized spacial score (nSPS) is 19.0. The van der Waals surface area contributed by atoms with Gasteiger partial charge >= 0.3 is 0 Å². The maximum absolute atomic E-state index is 15.3. The molecule has 4 aromatic rings. The molecular formula is C26H26ClF3N6O4S2. The van der Waals surface area contributed by atoms with Crippen molar-refractivity contribution >= 4 is 50.4 Å². The van der Waals surface area contributed by atoms with Gasteiger partial charge in [-0.2, -0.15) is 5.10 Å². The molecule has 1 fully saturated rings. The van der Waals surface area contributed by atoms with Crippen molar-refractivity contribution in [3.63, 3.8) is 0 Å². The van der Waals surface area contributed by atoms with Crippen LogP contribution in [0.4, 0.5) is 19.0 Å². The Morgan fingerprint density at radius 2 is 2.05 bits per heavy atom. The lowest BCUT2D eigenvalue weighted by Crippen LogP contribution is -2.43. The van der Waals surface area contributed by atoms with E-state index < -0.39 is 46.6 Å². The summed E-state index contributed by atoms with van der Waals surface area (Å²) in [5.74, 6) is -0.0895. The SMILES string of the molecule is CCc1nc(N2CCCS2(O)O)ccc1OCC(=O)N1CCc2nc3sc(C(F)F)nn3c2C1c1ccc(Cl)cc1F. The summed E-state index contributed by atoms with van der Waals surface area (Å²) in [6, 6.07) is 6.31. The van der Waals surface area contributed by atoms with Gasteiger partial charge in [0.15, 0.2) is 11.6 Å². The first-order valence-corrected chi connectivity index (χ1v) is 16.0. The van der Waals surface area contributed by atoms with Crippen LogP contribution in [-0.4, -0.2) is 64.9 Å². The summed E-state index contributed by atoms with van der Waals surface area (Å²) in [4.78, 5) is 24.3. The van der Waals surface area contributed by atoms with Gasteiger partial charge in [-0.3, -0.25) is 18.2 Å². The molecule has 10 nitrogen and oxygen atoms in total. The lowest BCUT2D eigenvalue weighted by atomic mass is 9.95. The highest BCUT2D eigenvalue weighted by Gasteiger charge is 2.39. The van der Waals surface area contributed by atoms with Crippen molar-refractivity contribution in [2.24, 2.45) is 0 Å². The van der Waals surface area contributed by atoms with Crippen LogP contribution in [0.25, 0.3) is 4.96 Å². The van der Waals surface area contributed by atoms with Gasteiger partial charge in [0, 0.05) is 30.1 Å². The Labute approximate surface area is 249 Å². The number of amides is 1. The number of carbonyl (C=O) groups is 1. The van der Waals surface area contributed by atoms with E-state index in [1.54, 1.807) is 12.1 Å². The number of hydrogen-bond acceptors (Lipinski definition) is 9. The molecule has 0 spiro atoms. The predicted molar refractivity (Wildman–Crippen MR) is 153 cm³/mol. The number of rotatable bonds is 7. The minimum absolute atomic E-state index is 0.118. The highest BCUT2D eigenvalue weighted by molar-refractivity contribution is 8.25. The standard InChI is InChI=1S/C26H26ClF3N6O4S2/c1-2-17-19(6-7-20(31-17)35-9-3-11-42(35,38)39)40-13-21(37)34-10-8-18-23(22(34)15-5-4-14(27)12-16(15)28)36-26(32-18)41-25(33-36)24(29)30/h4-7,12,22,24,38-39H,2-3,8-11,13H2,1H3. The van der Waals surface area contributed by atoms with Gasteiger partial charge in [0.2, 0.25) is 4.96 Å². The monoisotopic (exact) mass is 642 g/mol. The number of aryl methyl sites for hydroxylation is 1. The summed E-state index contributed by atoms with van der Waals surface area (Å²) in [6.07, 6.45) is -1.40. The van der Waals surface area contributed by atoms with Crippen LogP contribution in [0.15, 0.2) is 30.3 Å². The molecule has 0 bridgehead atoms. The van der Waals surface area contributed by atoms with E-state index in [9.17, 15) is 22.7 Å². The molecule has 1 atom stereocenters. The zero-order valence-electron chi connectivity index (χ0n) is 22.2. The zero-order chi connectivity index (χ0) is 29.8. The Bertz CT molecular complexity index is 1670. The van der Waals surface area contributed by atoms with Gasteiger partial charge < -0.3 is 9.64 Å². The minimum Gasteiger partial charge on any atom is -0.482 e. The van der Waals surface area contributed by atoms with Crippen LogP contribution in [-0.2, 0) is 17.6 Å². The Hall–Kier alpha value is -3.11. The number of halogens is 4. The molecule has 2 aliphatic rings. The highest BCUT2D eigenvalue weighted by atomic mass is 35.5. The first-order chi connectivity index (χ1) is 20.1. The number of aromatic nitrogens is 4. The molecule has 224 valence electrons. The molecule has 0 aliphatic carbocycles. The third-order valence-corrected chi connectivity index (χ3v) is 10.3. The number of alkyl halides is 2. The van der Waals surface area contributed by atoms with Crippen LogP contribution in [0.5, 0.6) is 5.75 Å². The van der Waals surface area contributed by atoms with Gasteiger partial charge in [0.1, 0.15) is 23.4 Å².